The van der Waals surface area contributed by atoms with Crippen LogP contribution in [0.4, 0.5) is 0 Å². The second kappa shape index (κ2) is 7.79. The van der Waals surface area contributed by atoms with Crippen molar-refractivity contribution in [2.75, 3.05) is 7.11 Å². The molecule has 0 saturated carbocycles. The number of aliphatic hydroxyl groups excluding tert-OH is 1. The van der Waals surface area contributed by atoms with Gasteiger partial charge in [-0.15, -0.1) is 0 Å². The maximum absolute atomic E-state index is 11.7. The van der Waals surface area contributed by atoms with E-state index in [9.17, 15) is 9.90 Å². The van der Waals surface area contributed by atoms with Gasteiger partial charge in [-0.3, -0.25) is 0 Å². The van der Waals surface area contributed by atoms with Gasteiger partial charge in [-0.1, -0.05) is 38.8 Å². The predicted octanol–water partition coefficient (Wildman–Crippen LogP) is 2.54. The number of aliphatic hydroxyl groups is 1. The van der Waals surface area contributed by atoms with Crippen molar-refractivity contribution in [1.82, 2.24) is 0 Å². The molecule has 1 rings (SSSR count). The van der Waals surface area contributed by atoms with E-state index in [1.807, 2.05) is 26.0 Å². The molecule has 0 saturated heterocycles. The smallest absolute Gasteiger partial charge is 0.335 e. The maximum Gasteiger partial charge on any atom is 0.335 e. The van der Waals surface area contributed by atoms with Gasteiger partial charge in [0.2, 0.25) is 0 Å². The van der Waals surface area contributed by atoms with Gasteiger partial charge in [0.05, 0.1) is 7.11 Å². The van der Waals surface area contributed by atoms with E-state index in [1.165, 1.54) is 0 Å². The zero-order chi connectivity index (χ0) is 14.3. The summed E-state index contributed by atoms with van der Waals surface area (Å²) in [5.41, 5.74) is 0.867. The average molecular weight is 266 g/mol. The molecule has 19 heavy (non-hydrogen) atoms. The van der Waals surface area contributed by atoms with E-state index >= 15 is 0 Å². The number of ether oxygens (including phenoxy) is 2. The number of rotatable bonds is 7. The Morgan fingerprint density at radius 1 is 1.21 bits per heavy atom. The minimum Gasteiger partial charge on any atom is -0.497 e. The topological polar surface area (TPSA) is 55.8 Å². The van der Waals surface area contributed by atoms with E-state index in [0.29, 0.717) is 0 Å². The molecule has 4 nitrogen and oxygen atoms in total. The van der Waals surface area contributed by atoms with Crippen LogP contribution in [-0.2, 0) is 16.1 Å². The van der Waals surface area contributed by atoms with Gasteiger partial charge >= 0.3 is 5.97 Å². The molecule has 1 N–H and O–H groups in total. The van der Waals surface area contributed by atoms with Crippen molar-refractivity contribution in [2.24, 2.45) is 5.92 Å². The van der Waals surface area contributed by atoms with Crippen LogP contribution in [0.25, 0.3) is 0 Å². The molecule has 1 aromatic carbocycles. The van der Waals surface area contributed by atoms with Gasteiger partial charge < -0.3 is 14.6 Å². The van der Waals surface area contributed by atoms with E-state index in [-0.39, 0.29) is 12.5 Å². The number of hydrogen-bond acceptors (Lipinski definition) is 4. The molecule has 0 heterocycles. The van der Waals surface area contributed by atoms with Crippen LogP contribution in [0.5, 0.6) is 5.75 Å². The van der Waals surface area contributed by atoms with Gasteiger partial charge in [-0.25, -0.2) is 4.79 Å². The van der Waals surface area contributed by atoms with Gasteiger partial charge in [0.25, 0.3) is 0 Å². The number of carbonyl (C=O) groups excluding carboxylic acids is 1. The highest BCUT2D eigenvalue weighted by Crippen LogP contribution is 2.16. The Hall–Kier alpha value is -1.55. The zero-order valence-electron chi connectivity index (χ0n) is 11.8. The van der Waals surface area contributed by atoms with E-state index in [0.717, 1.165) is 24.2 Å². The molecule has 106 valence electrons. The van der Waals surface area contributed by atoms with E-state index < -0.39 is 12.1 Å². The third-order valence-electron chi connectivity index (χ3n) is 3.28. The van der Waals surface area contributed by atoms with E-state index in [2.05, 4.69) is 0 Å². The van der Waals surface area contributed by atoms with Crippen molar-refractivity contribution in [3.05, 3.63) is 29.8 Å². The minimum absolute atomic E-state index is 0.0385. The van der Waals surface area contributed by atoms with E-state index in [1.54, 1.807) is 19.2 Å². The SMILES string of the molecule is CCC(CC)C(O)C(=O)OCc1ccc(OC)cc1. The number of hydrogen-bond donors (Lipinski definition) is 1. The van der Waals surface area contributed by atoms with Gasteiger partial charge in [-0.2, -0.15) is 0 Å². The summed E-state index contributed by atoms with van der Waals surface area (Å²) in [5.74, 6) is 0.167. The van der Waals surface area contributed by atoms with Crippen LogP contribution in [0.3, 0.4) is 0 Å². The van der Waals surface area contributed by atoms with Crippen LogP contribution in [0, 0.1) is 5.92 Å². The fourth-order valence-electron chi connectivity index (χ4n) is 1.89. The van der Waals surface area contributed by atoms with Crippen molar-refractivity contribution >= 4 is 5.97 Å². The molecule has 1 unspecified atom stereocenters. The van der Waals surface area contributed by atoms with Crippen LogP contribution in [-0.4, -0.2) is 24.3 Å². The highest BCUT2D eigenvalue weighted by molar-refractivity contribution is 5.74. The van der Waals surface area contributed by atoms with Crippen LogP contribution in [0.1, 0.15) is 32.3 Å². The first-order valence-corrected chi connectivity index (χ1v) is 6.60. The number of benzene rings is 1. The fraction of sp³-hybridized carbons (Fsp3) is 0.533. The van der Waals surface area contributed by atoms with Gasteiger partial charge in [-0.05, 0) is 23.6 Å². The van der Waals surface area contributed by atoms with Gasteiger partial charge in [0, 0.05) is 0 Å². The summed E-state index contributed by atoms with van der Waals surface area (Å²) in [6.45, 7) is 4.07. The predicted molar refractivity (Wildman–Crippen MR) is 72.9 cm³/mol. The Balaban J connectivity index is 2.48. The summed E-state index contributed by atoms with van der Waals surface area (Å²) in [5, 5.41) is 9.84. The van der Waals surface area contributed by atoms with Crippen LogP contribution >= 0.6 is 0 Å². The minimum atomic E-state index is -1.03. The molecule has 0 fully saturated rings. The molecule has 1 atom stereocenters. The summed E-state index contributed by atoms with van der Waals surface area (Å²) < 4.78 is 10.2. The molecule has 0 aromatic heterocycles. The van der Waals surface area contributed by atoms with Crippen molar-refractivity contribution in [3.63, 3.8) is 0 Å². The number of esters is 1. The average Bonchev–Trinajstić information content (AvgIpc) is 2.46. The first-order valence-electron chi connectivity index (χ1n) is 6.60. The first-order chi connectivity index (χ1) is 9.12. The third-order valence-corrected chi connectivity index (χ3v) is 3.28. The molecule has 4 heteroatoms. The number of carbonyl (C=O) groups is 1. The summed E-state index contributed by atoms with van der Waals surface area (Å²) in [7, 11) is 1.60. The highest BCUT2D eigenvalue weighted by Gasteiger charge is 2.24. The van der Waals surface area contributed by atoms with Gasteiger partial charge in [0.15, 0.2) is 6.10 Å². The van der Waals surface area contributed by atoms with Gasteiger partial charge in [0.1, 0.15) is 12.4 Å². The largest absolute Gasteiger partial charge is 0.497 e. The molecular formula is C15H22O4. The molecule has 0 aliphatic rings. The summed E-state index contributed by atoms with van der Waals surface area (Å²) in [6, 6.07) is 7.27. The van der Waals surface area contributed by atoms with Crippen LogP contribution in [0.2, 0.25) is 0 Å². The Kier molecular flexibility index (Phi) is 6.36. The fourth-order valence-corrected chi connectivity index (χ4v) is 1.89. The van der Waals surface area contributed by atoms with Crippen molar-refractivity contribution < 1.29 is 19.4 Å². The molecule has 1 aromatic rings. The molecular weight excluding hydrogens is 244 g/mol. The molecule has 0 aliphatic carbocycles. The van der Waals surface area contributed by atoms with Crippen LogP contribution in [0.15, 0.2) is 24.3 Å². The molecule has 0 radical (unpaired) electrons. The van der Waals surface area contributed by atoms with Crippen molar-refractivity contribution in [2.45, 2.75) is 39.4 Å². The van der Waals surface area contributed by atoms with E-state index in [4.69, 9.17) is 9.47 Å². The first kappa shape index (κ1) is 15.5. The van der Waals surface area contributed by atoms with Crippen LogP contribution < -0.4 is 4.74 Å². The monoisotopic (exact) mass is 266 g/mol. The zero-order valence-corrected chi connectivity index (χ0v) is 11.8. The summed E-state index contributed by atoms with van der Waals surface area (Å²) in [6.07, 6.45) is 0.484. The standard InChI is InChI=1S/C15H22O4/c1-4-12(5-2)14(16)15(17)19-10-11-6-8-13(18-3)9-7-11/h6-9,12,14,16H,4-5,10H2,1-3H3. The molecule has 0 bridgehead atoms. The third kappa shape index (κ3) is 4.56. The number of methoxy groups -OCH3 is 1. The normalized spacial score (nSPS) is 12.3. The Morgan fingerprint density at radius 3 is 2.26 bits per heavy atom. The van der Waals surface area contributed by atoms with Crippen molar-refractivity contribution in [1.29, 1.82) is 0 Å². The summed E-state index contributed by atoms with van der Waals surface area (Å²) in [4.78, 5) is 11.7. The molecule has 0 spiro atoms. The summed E-state index contributed by atoms with van der Waals surface area (Å²) >= 11 is 0. The second-order valence-electron chi connectivity index (χ2n) is 4.48. The maximum atomic E-state index is 11.7. The molecule has 0 amide bonds. The molecule has 0 aliphatic heterocycles. The lowest BCUT2D eigenvalue weighted by atomic mass is 9.97. The lowest BCUT2D eigenvalue weighted by Gasteiger charge is -2.18. The quantitative estimate of drug-likeness (QED) is 0.770. The lowest BCUT2D eigenvalue weighted by Crippen LogP contribution is -2.30. The van der Waals surface area contributed by atoms with Crippen molar-refractivity contribution in [3.8, 4) is 5.75 Å². The Labute approximate surface area is 114 Å². The Bertz CT molecular complexity index is 382. The lowest BCUT2D eigenvalue weighted by molar-refractivity contribution is -0.158. The Morgan fingerprint density at radius 2 is 1.79 bits per heavy atom. The second-order valence-corrected chi connectivity index (χ2v) is 4.48. The highest BCUT2D eigenvalue weighted by atomic mass is 16.5.